The van der Waals surface area contributed by atoms with Crippen molar-refractivity contribution in [3.05, 3.63) is 82.7 Å². The van der Waals surface area contributed by atoms with E-state index in [4.69, 9.17) is 19.9 Å². The highest BCUT2D eigenvalue weighted by Crippen LogP contribution is 2.41. The summed E-state index contributed by atoms with van der Waals surface area (Å²) in [6, 6.07) is 15.2. The highest BCUT2D eigenvalue weighted by atomic mass is 19.1. The van der Waals surface area contributed by atoms with Crippen LogP contribution in [0.2, 0.25) is 0 Å². The molecular weight excluding hydrogens is 501 g/mol. The number of carbonyl (C=O) groups excluding carboxylic acids is 2. The molecule has 39 heavy (non-hydrogen) atoms. The van der Waals surface area contributed by atoms with E-state index in [1.807, 2.05) is 41.3 Å². The molecule has 204 valence electrons. The molecule has 0 radical (unpaired) electrons. The predicted octanol–water partition coefficient (Wildman–Crippen LogP) is 4.35. The first kappa shape index (κ1) is 26.5. The molecule has 0 fully saturated rings. The molecule has 3 aromatic rings. The number of hydrogen-bond donors (Lipinski definition) is 2. The number of halogens is 1. The summed E-state index contributed by atoms with van der Waals surface area (Å²) < 4.78 is 32.1. The number of benzene rings is 3. The molecule has 0 saturated heterocycles. The van der Waals surface area contributed by atoms with E-state index in [-0.39, 0.29) is 17.5 Å². The summed E-state index contributed by atoms with van der Waals surface area (Å²) in [5.41, 5.74) is 8.53. The van der Waals surface area contributed by atoms with Gasteiger partial charge >= 0.3 is 0 Å². The smallest absolute Gasteiger partial charge is 0.254 e. The highest BCUT2D eigenvalue weighted by Gasteiger charge is 2.32. The van der Waals surface area contributed by atoms with Crippen molar-refractivity contribution in [3.63, 3.8) is 0 Å². The Hall–Kier alpha value is -4.11. The van der Waals surface area contributed by atoms with Crippen molar-refractivity contribution >= 4 is 11.8 Å². The van der Waals surface area contributed by atoms with Crippen LogP contribution in [0.3, 0.4) is 0 Å². The van der Waals surface area contributed by atoms with Crippen LogP contribution in [-0.2, 0) is 11.2 Å². The maximum absolute atomic E-state index is 14.5. The second-order valence-electron chi connectivity index (χ2n) is 9.60. The number of nitrogens with zero attached hydrogens (tertiary/aromatic N) is 1. The van der Waals surface area contributed by atoms with Gasteiger partial charge in [-0.05, 0) is 85.0 Å². The normalized spacial score (nSPS) is 16.8. The molecule has 0 saturated carbocycles. The van der Waals surface area contributed by atoms with Crippen molar-refractivity contribution in [3.8, 4) is 23.0 Å². The lowest BCUT2D eigenvalue weighted by molar-refractivity contribution is -0.133. The van der Waals surface area contributed by atoms with E-state index in [9.17, 15) is 14.0 Å². The van der Waals surface area contributed by atoms with Gasteiger partial charge in [-0.25, -0.2) is 4.39 Å². The quantitative estimate of drug-likeness (QED) is 0.517. The Balaban J connectivity index is 1.59. The Bertz CT molecular complexity index is 1380. The van der Waals surface area contributed by atoms with E-state index < -0.39 is 11.7 Å². The van der Waals surface area contributed by atoms with E-state index in [1.165, 1.54) is 18.2 Å². The average Bonchev–Trinajstić information content (AvgIpc) is 2.95. The lowest BCUT2D eigenvalue weighted by Crippen LogP contribution is -2.40. The van der Waals surface area contributed by atoms with E-state index >= 15 is 0 Å². The molecule has 0 aliphatic carbocycles. The summed E-state index contributed by atoms with van der Waals surface area (Å²) in [4.78, 5) is 27.8. The van der Waals surface area contributed by atoms with Crippen LogP contribution in [0, 0.1) is 5.82 Å². The minimum absolute atomic E-state index is 0.0476. The first-order valence-corrected chi connectivity index (χ1v) is 13.2. The maximum atomic E-state index is 14.5. The summed E-state index contributed by atoms with van der Waals surface area (Å²) in [6.45, 7) is 1.58. The summed E-state index contributed by atoms with van der Waals surface area (Å²) in [5.74, 6) is 0.932. The van der Waals surface area contributed by atoms with Gasteiger partial charge in [-0.1, -0.05) is 12.1 Å². The molecule has 3 aromatic carbocycles. The Morgan fingerprint density at radius 3 is 2.79 bits per heavy atom. The van der Waals surface area contributed by atoms with Gasteiger partial charge in [0.05, 0.1) is 25.3 Å². The van der Waals surface area contributed by atoms with Gasteiger partial charge in [0.2, 0.25) is 5.91 Å². The lowest BCUT2D eigenvalue weighted by atomic mass is 9.87. The molecule has 3 N–H and O–H groups in total. The molecule has 8 bridgehead atoms. The first-order valence-electron chi connectivity index (χ1n) is 13.2. The topological polar surface area (TPSA) is 103 Å². The van der Waals surface area contributed by atoms with Crippen LogP contribution < -0.4 is 25.3 Å². The molecule has 1 unspecified atom stereocenters. The van der Waals surface area contributed by atoms with Gasteiger partial charge in [0, 0.05) is 19.5 Å². The highest BCUT2D eigenvalue weighted by molar-refractivity contribution is 5.94. The molecule has 2 amide bonds. The molecule has 6 rings (SSSR count). The lowest BCUT2D eigenvalue weighted by Gasteiger charge is -2.38. The van der Waals surface area contributed by atoms with E-state index in [0.29, 0.717) is 74.9 Å². The minimum atomic E-state index is -0.625. The Morgan fingerprint density at radius 2 is 1.97 bits per heavy atom. The summed E-state index contributed by atoms with van der Waals surface area (Å²) in [5, 5.41) is 2.74. The first-order chi connectivity index (χ1) is 19.0. The predicted molar refractivity (Wildman–Crippen MR) is 144 cm³/mol. The van der Waals surface area contributed by atoms with Gasteiger partial charge in [0.25, 0.3) is 5.91 Å². The average molecular weight is 534 g/mol. The van der Waals surface area contributed by atoms with Gasteiger partial charge < -0.3 is 30.2 Å². The number of fused-ring (bicyclic) bond motifs is 6. The zero-order valence-corrected chi connectivity index (χ0v) is 21.9. The van der Waals surface area contributed by atoms with Crippen molar-refractivity contribution in [1.82, 2.24) is 10.2 Å². The monoisotopic (exact) mass is 533 g/mol. The zero-order chi connectivity index (χ0) is 27.4. The SMILES string of the molecule is COc1ccc2cc1OCCCNC(=O)c1cc(ccc1F)Oc1ccc3c(c1)CCN(C(=O)CCCN)C23. The standard InChI is InChI=1S/C30H32FN3O5/c1-37-26-10-5-20-17-27(26)38-15-3-13-33-30(36)24-18-22(7-9-25(24)31)39-21-6-8-23-19(16-21)11-14-34(29(20)23)28(35)4-2-12-32/h5-10,16-18,29H,2-4,11-15,32H2,1H3,(H,33,36). The molecular formula is C30H32FN3O5. The van der Waals surface area contributed by atoms with Crippen molar-refractivity contribution < 1.29 is 28.2 Å². The van der Waals surface area contributed by atoms with E-state index in [2.05, 4.69) is 5.32 Å². The summed E-state index contributed by atoms with van der Waals surface area (Å²) in [6.07, 6.45) is 2.14. The molecule has 9 heteroatoms. The van der Waals surface area contributed by atoms with Crippen LogP contribution in [0.15, 0.2) is 54.6 Å². The van der Waals surface area contributed by atoms with Crippen molar-refractivity contribution in [2.45, 2.75) is 31.7 Å². The molecule has 3 aliphatic rings. The number of amides is 2. The Morgan fingerprint density at radius 1 is 1.15 bits per heavy atom. The van der Waals surface area contributed by atoms with Crippen molar-refractivity contribution in [2.75, 3.05) is 33.4 Å². The van der Waals surface area contributed by atoms with E-state index in [0.717, 1.165) is 16.7 Å². The Labute approximate surface area is 226 Å². The molecule has 8 nitrogen and oxygen atoms in total. The second kappa shape index (κ2) is 11.7. The summed E-state index contributed by atoms with van der Waals surface area (Å²) >= 11 is 0. The van der Waals surface area contributed by atoms with E-state index in [1.54, 1.807) is 7.11 Å². The number of methoxy groups -OCH3 is 1. The largest absolute Gasteiger partial charge is 0.493 e. The third-order valence-corrected chi connectivity index (χ3v) is 7.04. The number of nitrogens with two attached hydrogens (primary N) is 1. The van der Waals surface area contributed by atoms with Crippen LogP contribution >= 0.6 is 0 Å². The number of rotatable bonds is 4. The van der Waals surface area contributed by atoms with Gasteiger partial charge in [-0.15, -0.1) is 0 Å². The maximum Gasteiger partial charge on any atom is 0.254 e. The molecule has 0 aromatic heterocycles. The number of nitrogens with one attached hydrogen (secondary N) is 1. The second-order valence-corrected chi connectivity index (χ2v) is 9.60. The molecule has 0 spiro atoms. The van der Waals surface area contributed by atoms with Crippen molar-refractivity contribution in [1.29, 1.82) is 0 Å². The fourth-order valence-electron chi connectivity index (χ4n) is 5.10. The van der Waals surface area contributed by atoms with Gasteiger partial charge in [0.15, 0.2) is 11.5 Å². The van der Waals surface area contributed by atoms with Gasteiger partial charge in [-0.2, -0.15) is 0 Å². The fourth-order valence-corrected chi connectivity index (χ4v) is 5.10. The minimum Gasteiger partial charge on any atom is -0.493 e. The fraction of sp³-hybridized carbons (Fsp3) is 0.333. The summed E-state index contributed by atoms with van der Waals surface area (Å²) in [7, 11) is 1.57. The van der Waals surface area contributed by atoms with Crippen LogP contribution in [-0.4, -0.2) is 50.1 Å². The van der Waals surface area contributed by atoms with Crippen LogP contribution in [0.1, 0.15) is 52.4 Å². The third kappa shape index (κ3) is 5.68. The number of ether oxygens (including phenoxy) is 3. The molecule has 3 heterocycles. The Kier molecular flexibility index (Phi) is 7.97. The number of hydrogen-bond acceptors (Lipinski definition) is 6. The van der Waals surface area contributed by atoms with Crippen LogP contribution in [0.25, 0.3) is 0 Å². The zero-order valence-electron chi connectivity index (χ0n) is 21.9. The molecule has 1 atom stereocenters. The third-order valence-electron chi connectivity index (χ3n) is 7.04. The van der Waals surface area contributed by atoms with Gasteiger partial charge in [-0.3, -0.25) is 9.59 Å². The van der Waals surface area contributed by atoms with Crippen LogP contribution in [0.5, 0.6) is 23.0 Å². The number of carbonyl (C=O) groups is 2. The van der Waals surface area contributed by atoms with Crippen LogP contribution in [0.4, 0.5) is 4.39 Å². The van der Waals surface area contributed by atoms with Crippen molar-refractivity contribution in [2.24, 2.45) is 5.73 Å². The molecule has 3 aliphatic heterocycles. The van der Waals surface area contributed by atoms with Gasteiger partial charge in [0.1, 0.15) is 17.3 Å².